The Hall–Kier alpha value is -2.13. The second-order valence-electron chi connectivity index (χ2n) is 6.55. The average molecular weight is 330 g/mol. The van der Waals surface area contributed by atoms with Crippen molar-refractivity contribution in [1.82, 2.24) is 0 Å². The smallest absolute Gasteiger partial charge is 0.331 e. The normalized spacial score (nSPS) is 12.9. The van der Waals surface area contributed by atoms with Crippen molar-refractivity contribution in [2.75, 3.05) is 6.61 Å². The van der Waals surface area contributed by atoms with Gasteiger partial charge < -0.3 is 9.47 Å². The molecule has 0 saturated heterocycles. The van der Waals surface area contributed by atoms with E-state index in [1.165, 1.54) is 6.08 Å². The van der Waals surface area contributed by atoms with E-state index in [2.05, 4.69) is 44.8 Å². The van der Waals surface area contributed by atoms with Crippen LogP contribution < -0.4 is 0 Å². The number of terminal acetylenes is 1. The van der Waals surface area contributed by atoms with E-state index in [1.54, 1.807) is 6.92 Å². The summed E-state index contributed by atoms with van der Waals surface area (Å²) < 4.78 is 10.3. The van der Waals surface area contributed by atoms with Crippen LogP contribution >= 0.6 is 0 Å². The fraction of sp³-hybridized carbons (Fsp3) is 0.571. The summed E-state index contributed by atoms with van der Waals surface area (Å²) in [5.41, 5.74) is 0.660. The second-order valence-corrected chi connectivity index (χ2v) is 6.55. The molecule has 0 spiro atoms. The van der Waals surface area contributed by atoms with Crippen molar-refractivity contribution < 1.29 is 14.3 Å². The molecule has 24 heavy (non-hydrogen) atoms. The number of rotatable bonds is 10. The third kappa shape index (κ3) is 12.4. The lowest BCUT2D eigenvalue weighted by atomic mass is 9.95. The number of carbonyl (C=O) groups is 1. The Morgan fingerprint density at radius 2 is 2.08 bits per heavy atom. The van der Waals surface area contributed by atoms with Crippen LogP contribution in [0.2, 0.25) is 0 Å². The van der Waals surface area contributed by atoms with Gasteiger partial charge in [-0.15, -0.1) is 6.42 Å². The summed E-state index contributed by atoms with van der Waals surface area (Å²) >= 11 is 0. The van der Waals surface area contributed by atoms with Crippen LogP contribution in [0.4, 0.5) is 0 Å². The molecule has 0 fully saturated rings. The highest BCUT2D eigenvalue weighted by Gasteiger charge is 2.18. The summed E-state index contributed by atoms with van der Waals surface area (Å²) in [7, 11) is 0. The minimum Gasteiger partial charge on any atom is -0.449 e. The van der Waals surface area contributed by atoms with Gasteiger partial charge in [-0.3, -0.25) is 0 Å². The third-order valence-corrected chi connectivity index (χ3v) is 3.47. The summed E-state index contributed by atoms with van der Waals surface area (Å²) in [4.78, 5) is 11.4. The molecule has 0 heterocycles. The number of hydrogen-bond acceptors (Lipinski definition) is 3. The van der Waals surface area contributed by atoms with Crippen molar-refractivity contribution in [3.8, 4) is 24.4 Å². The largest absolute Gasteiger partial charge is 0.449 e. The first kappa shape index (κ1) is 21.9. The van der Waals surface area contributed by atoms with E-state index in [1.807, 2.05) is 13.0 Å². The quantitative estimate of drug-likeness (QED) is 0.253. The standard InChI is InChI=1S/C21H30O3/c1-7-15-23-20(22)17-19(4)12-9-11-18(3)13-10-14-21(5,6)24-16-8-2/h1,9,12,17-18H,10-11,13-15H2,2-6H3. The predicted molar refractivity (Wildman–Crippen MR) is 98.9 cm³/mol. The Balaban J connectivity index is 4.09. The van der Waals surface area contributed by atoms with Crippen LogP contribution in [0.15, 0.2) is 23.8 Å². The summed E-state index contributed by atoms with van der Waals surface area (Å²) in [6.07, 6.45) is 17.4. The first-order valence-corrected chi connectivity index (χ1v) is 8.35. The molecule has 0 aliphatic rings. The van der Waals surface area contributed by atoms with Crippen molar-refractivity contribution >= 4 is 5.97 Å². The van der Waals surface area contributed by atoms with Crippen LogP contribution in [0.3, 0.4) is 0 Å². The van der Waals surface area contributed by atoms with Crippen molar-refractivity contribution in [2.45, 2.75) is 65.9 Å². The zero-order valence-electron chi connectivity index (χ0n) is 15.6. The zero-order valence-corrected chi connectivity index (χ0v) is 15.6. The van der Waals surface area contributed by atoms with Gasteiger partial charge in [0.1, 0.15) is 11.7 Å². The van der Waals surface area contributed by atoms with E-state index in [-0.39, 0.29) is 12.2 Å². The summed E-state index contributed by atoms with van der Waals surface area (Å²) in [5.74, 6) is 5.20. The van der Waals surface area contributed by atoms with Gasteiger partial charge in [-0.1, -0.05) is 37.3 Å². The molecule has 0 radical (unpaired) electrons. The molecule has 0 aromatic heterocycles. The Labute approximate surface area is 147 Å². The summed E-state index contributed by atoms with van der Waals surface area (Å²) in [6.45, 7) is 10.0. The third-order valence-electron chi connectivity index (χ3n) is 3.47. The first-order chi connectivity index (χ1) is 11.3. The maximum atomic E-state index is 11.4. The topological polar surface area (TPSA) is 35.5 Å². The molecular weight excluding hydrogens is 300 g/mol. The molecule has 0 amide bonds. The van der Waals surface area contributed by atoms with Gasteiger partial charge in [0.2, 0.25) is 0 Å². The lowest BCUT2D eigenvalue weighted by Gasteiger charge is -2.22. The molecule has 0 rings (SSSR count). The van der Waals surface area contributed by atoms with E-state index >= 15 is 0 Å². The van der Waals surface area contributed by atoms with Gasteiger partial charge in [0, 0.05) is 13.0 Å². The average Bonchev–Trinajstić information content (AvgIpc) is 2.50. The SMILES string of the molecule is C#CCOC(=O)C=C(C)C=CCC(C)CCCC(C)(C)OC#CC. The van der Waals surface area contributed by atoms with E-state index in [9.17, 15) is 4.79 Å². The number of allylic oxidation sites excluding steroid dienone is 3. The summed E-state index contributed by atoms with van der Waals surface area (Å²) in [5, 5.41) is 0. The minimum atomic E-state index is -0.402. The number of esters is 1. The Morgan fingerprint density at radius 1 is 1.38 bits per heavy atom. The molecule has 132 valence electrons. The van der Waals surface area contributed by atoms with Crippen LogP contribution in [0, 0.1) is 30.3 Å². The molecule has 1 atom stereocenters. The maximum absolute atomic E-state index is 11.4. The van der Waals surface area contributed by atoms with Gasteiger partial charge in [-0.05, 0) is 51.5 Å². The Kier molecular flexibility index (Phi) is 11.2. The van der Waals surface area contributed by atoms with Gasteiger partial charge >= 0.3 is 5.97 Å². The molecule has 0 aliphatic heterocycles. The molecule has 0 aromatic carbocycles. The zero-order chi connectivity index (χ0) is 18.4. The highest BCUT2D eigenvalue weighted by atomic mass is 16.5. The van der Waals surface area contributed by atoms with Gasteiger partial charge in [-0.2, -0.15) is 0 Å². The Morgan fingerprint density at radius 3 is 2.71 bits per heavy atom. The first-order valence-electron chi connectivity index (χ1n) is 8.35. The lowest BCUT2D eigenvalue weighted by molar-refractivity contribution is -0.136. The van der Waals surface area contributed by atoms with Gasteiger partial charge in [0.05, 0.1) is 0 Å². The number of hydrogen-bond donors (Lipinski definition) is 0. The van der Waals surface area contributed by atoms with Crippen molar-refractivity contribution in [3.63, 3.8) is 0 Å². The number of carbonyl (C=O) groups excluding carboxylic acids is 1. The molecule has 0 bridgehead atoms. The van der Waals surface area contributed by atoms with E-state index in [4.69, 9.17) is 15.9 Å². The summed E-state index contributed by atoms with van der Waals surface area (Å²) in [6, 6.07) is 0. The van der Waals surface area contributed by atoms with Crippen LogP contribution in [-0.2, 0) is 14.3 Å². The predicted octanol–water partition coefficient (Wildman–Crippen LogP) is 4.64. The molecule has 3 nitrogen and oxygen atoms in total. The molecule has 3 heteroatoms. The minimum absolute atomic E-state index is 0.00721. The van der Waals surface area contributed by atoms with Gasteiger partial charge in [-0.25, -0.2) is 4.79 Å². The Bertz CT molecular complexity index is 536. The maximum Gasteiger partial charge on any atom is 0.331 e. The van der Waals surface area contributed by atoms with Gasteiger partial charge in [0.25, 0.3) is 0 Å². The van der Waals surface area contributed by atoms with Crippen LogP contribution in [0.5, 0.6) is 0 Å². The molecule has 0 N–H and O–H groups in total. The van der Waals surface area contributed by atoms with E-state index < -0.39 is 5.97 Å². The second kappa shape index (κ2) is 12.3. The molecule has 0 aromatic rings. The van der Waals surface area contributed by atoms with Crippen LogP contribution in [0.1, 0.15) is 60.3 Å². The molecule has 1 unspecified atom stereocenters. The fourth-order valence-electron chi connectivity index (χ4n) is 2.11. The highest BCUT2D eigenvalue weighted by molar-refractivity contribution is 5.83. The van der Waals surface area contributed by atoms with E-state index in [0.717, 1.165) is 31.3 Å². The van der Waals surface area contributed by atoms with Crippen molar-refractivity contribution in [2.24, 2.45) is 5.92 Å². The molecule has 0 saturated carbocycles. The fourth-order valence-corrected chi connectivity index (χ4v) is 2.11. The van der Waals surface area contributed by atoms with Crippen molar-refractivity contribution in [1.29, 1.82) is 0 Å². The van der Waals surface area contributed by atoms with Gasteiger partial charge in [0.15, 0.2) is 6.61 Å². The highest BCUT2D eigenvalue weighted by Crippen LogP contribution is 2.21. The van der Waals surface area contributed by atoms with Crippen LogP contribution in [-0.4, -0.2) is 18.2 Å². The van der Waals surface area contributed by atoms with E-state index in [0.29, 0.717) is 5.92 Å². The number of ether oxygens (including phenoxy) is 2. The molecular formula is C21H30O3. The lowest BCUT2D eigenvalue weighted by Crippen LogP contribution is -2.22. The van der Waals surface area contributed by atoms with Crippen molar-refractivity contribution in [3.05, 3.63) is 23.8 Å². The monoisotopic (exact) mass is 330 g/mol. The molecule has 0 aliphatic carbocycles. The van der Waals surface area contributed by atoms with Crippen LogP contribution in [0.25, 0.3) is 0 Å².